The second kappa shape index (κ2) is 25.6. The fraction of sp³-hybridized carbons (Fsp3) is 0.659. The van der Waals surface area contributed by atoms with Crippen LogP contribution in [0.25, 0.3) is 11.1 Å². The molecular formula is C44H63N11O9. The lowest BCUT2D eigenvalue weighted by Gasteiger charge is -2.43. The molecule has 1 saturated carbocycles. The van der Waals surface area contributed by atoms with E-state index in [2.05, 4.69) is 46.5 Å². The summed E-state index contributed by atoms with van der Waals surface area (Å²) in [5.74, 6) is 1.36. The van der Waals surface area contributed by atoms with Crippen molar-refractivity contribution in [2.24, 2.45) is 0 Å². The Labute approximate surface area is 374 Å². The number of nitrogens with one attached hydrogen (secondary N) is 1. The molecule has 7 rings (SSSR count). The van der Waals surface area contributed by atoms with Gasteiger partial charge in [-0.1, -0.05) is 6.07 Å². The van der Waals surface area contributed by atoms with Gasteiger partial charge < -0.3 is 47.9 Å². The first-order chi connectivity index (χ1) is 31.6. The molecule has 20 heteroatoms. The fourth-order valence-electron chi connectivity index (χ4n) is 8.42. The smallest absolute Gasteiger partial charge is 0.256 e. The van der Waals surface area contributed by atoms with Crippen molar-refractivity contribution in [2.45, 2.75) is 88.7 Å². The van der Waals surface area contributed by atoms with Gasteiger partial charge in [0.15, 0.2) is 0 Å². The van der Waals surface area contributed by atoms with Gasteiger partial charge in [0.2, 0.25) is 5.95 Å². The summed E-state index contributed by atoms with van der Waals surface area (Å²) in [6, 6.07) is 9.61. The van der Waals surface area contributed by atoms with Crippen LogP contribution >= 0.6 is 0 Å². The standard InChI is InChI=1S/C44H63N11O9/c1-33(28-53-32-48-51-52-53)64-42-24-34(4-5-35(42)25-45)36-26-46-44(47-27-36)49-41-29-54(37-6-8-38(9-7-37)55-39-10-11-40(55)31-62-30-39)50-43(41)63-13-3-12-57-16-17-59-20-21-61-23-22-60-19-18-58-15-14-56-2/h4-5,24,26-27,29,32-33,37-40H,3,6-23,28,30-31H2,1-2H3,(H,46,47,49)/t33-,37?,38?,39-,40+/m0/s1. The van der Waals surface area contributed by atoms with E-state index in [1.165, 1.54) is 19.2 Å². The first-order valence-electron chi connectivity index (χ1n) is 22.5. The Bertz CT molecular complexity index is 1960. The average Bonchev–Trinajstić information content (AvgIpc) is 4.04. The Kier molecular flexibility index (Phi) is 18.8. The van der Waals surface area contributed by atoms with Crippen LogP contribution in [0.5, 0.6) is 11.6 Å². The third-order valence-corrected chi connectivity index (χ3v) is 11.5. The number of nitriles is 1. The number of nitrogens with zero attached hydrogens (tertiary/aromatic N) is 10. The molecule has 64 heavy (non-hydrogen) atoms. The fourth-order valence-corrected chi connectivity index (χ4v) is 8.42. The van der Waals surface area contributed by atoms with Crippen molar-refractivity contribution >= 4 is 11.6 Å². The highest BCUT2D eigenvalue weighted by atomic mass is 16.6. The zero-order chi connectivity index (χ0) is 44.2. The lowest BCUT2D eigenvalue weighted by molar-refractivity contribution is -0.0458. The highest BCUT2D eigenvalue weighted by Crippen LogP contribution is 2.39. The molecule has 2 aliphatic heterocycles. The van der Waals surface area contributed by atoms with E-state index in [0.717, 1.165) is 50.0 Å². The lowest BCUT2D eigenvalue weighted by atomic mass is 9.89. The second-order valence-corrected chi connectivity index (χ2v) is 16.1. The Hall–Kier alpha value is -4.85. The number of anilines is 2. The highest BCUT2D eigenvalue weighted by molar-refractivity contribution is 5.67. The number of morpholine rings is 1. The van der Waals surface area contributed by atoms with Crippen molar-refractivity contribution in [3.63, 3.8) is 0 Å². The predicted molar refractivity (Wildman–Crippen MR) is 232 cm³/mol. The molecule has 3 fully saturated rings. The Morgan fingerprint density at radius 3 is 2.03 bits per heavy atom. The second-order valence-electron chi connectivity index (χ2n) is 16.1. The van der Waals surface area contributed by atoms with Gasteiger partial charge in [-0.05, 0) is 73.6 Å². The van der Waals surface area contributed by atoms with Crippen LogP contribution < -0.4 is 14.8 Å². The van der Waals surface area contributed by atoms with Crippen molar-refractivity contribution in [1.29, 1.82) is 5.26 Å². The minimum absolute atomic E-state index is 0.262. The molecule has 2 saturated heterocycles. The maximum atomic E-state index is 9.76. The number of aromatic nitrogens is 8. The minimum Gasteiger partial charge on any atom is -0.487 e. The van der Waals surface area contributed by atoms with Crippen LogP contribution in [0.15, 0.2) is 43.1 Å². The van der Waals surface area contributed by atoms with Gasteiger partial charge in [-0.2, -0.15) is 5.26 Å². The molecule has 3 aromatic heterocycles. The van der Waals surface area contributed by atoms with Gasteiger partial charge in [-0.3, -0.25) is 9.58 Å². The monoisotopic (exact) mass is 889 g/mol. The maximum Gasteiger partial charge on any atom is 0.256 e. The summed E-state index contributed by atoms with van der Waals surface area (Å²) in [5.41, 5.74) is 2.69. The molecule has 1 aliphatic carbocycles. The topological polar surface area (TPSA) is 209 Å². The number of hydrogen-bond acceptors (Lipinski definition) is 18. The van der Waals surface area contributed by atoms with E-state index in [0.29, 0.717) is 139 Å². The summed E-state index contributed by atoms with van der Waals surface area (Å²) in [6.45, 7) is 10.2. The molecule has 2 bridgehead atoms. The largest absolute Gasteiger partial charge is 0.487 e. The molecule has 1 N–H and O–H groups in total. The van der Waals surface area contributed by atoms with E-state index in [1.807, 2.05) is 25.3 Å². The van der Waals surface area contributed by atoms with Gasteiger partial charge in [0.1, 0.15) is 29.9 Å². The predicted octanol–water partition coefficient (Wildman–Crippen LogP) is 4.25. The highest BCUT2D eigenvalue weighted by Gasteiger charge is 2.42. The molecule has 5 heterocycles. The van der Waals surface area contributed by atoms with Crippen LogP contribution in [0.3, 0.4) is 0 Å². The number of fused-ring (bicyclic) bond motifs is 2. The van der Waals surface area contributed by atoms with Crippen LogP contribution in [-0.4, -0.2) is 169 Å². The molecule has 20 nitrogen and oxygen atoms in total. The lowest BCUT2D eigenvalue weighted by Crippen LogP contribution is -2.52. The Morgan fingerprint density at radius 2 is 1.41 bits per heavy atom. The zero-order valence-corrected chi connectivity index (χ0v) is 37.1. The molecule has 3 aliphatic rings. The van der Waals surface area contributed by atoms with E-state index < -0.39 is 0 Å². The van der Waals surface area contributed by atoms with Gasteiger partial charge in [0, 0.05) is 56.2 Å². The molecule has 4 aromatic rings. The number of ether oxygens (including phenoxy) is 9. The van der Waals surface area contributed by atoms with E-state index >= 15 is 0 Å². The Balaban J connectivity index is 0.881. The third-order valence-electron chi connectivity index (χ3n) is 11.5. The van der Waals surface area contributed by atoms with E-state index in [-0.39, 0.29) is 12.1 Å². The molecule has 0 radical (unpaired) electrons. The average molecular weight is 890 g/mol. The van der Waals surface area contributed by atoms with Gasteiger partial charge >= 0.3 is 0 Å². The summed E-state index contributed by atoms with van der Waals surface area (Å²) in [5, 5.41) is 29.3. The van der Waals surface area contributed by atoms with Crippen molar-refractivity contribution < 1.29 is 42.6 Å². The first-order valence-corrected chi connectivity index (χ1v) is 22.5. The molecule has 0 spiro atoms. The minimum atomic E-state index is -0.287. The van der Waals surface area contributed by atoms with Crippen molar-refractivity contribution in [3.8, 4) is 28.8 Å². The van der Waals surface area contributed by atoms with Crippen molar-refractivity contribution in [3.05, 3.63) is 48.7 Å². The molecule has 0 unspecified atom stereocenters. The first kappa shape index (κ1) is 47.1. The normalized spacial score (nSPS) is 20.3. The van der Waals surface area contributed by atoms with Crippen LogP contribution in [-0.2, 0) is 39.7 Å². The number of hydrogen-bond donors (Lipinski definition) is 1. The molecule has 0 amide bonds. The Morgan fingerprint density at radius 1 is 0.781 bits per heavy atom. The van der Waals surface area contributed by atoms with Gasteiger partial charge in [-0.15, -0.1) is 10.2 Å². The van der Waals surface area contributed by atoms with Crippen LogP contribution in [0, 0.1) is 11.3 Å². The molecule has 348 valence electrons. The van der Waals surface area contributed by atoms with E-state index in [4.69, 9.17) is 47.7 Å². The number of rotatable bonds is 29. The maximum absolute atomic E-state index is 9.76. The number of benzene rings is 1. The molecule has 3 atom stereocenters. The molecule has 1 aromatic carbocycles. The molecular weight excluding hydrogens is 827 g/mol. The number of tetrazole rings is 1. The van der Waals surface area contributed by atoms with Gasteiger partial charge in [0.25, 0.3) is 5.88 Å². The summed E-state index contributed by atoms with van der Waals surface area (Å²) in [6.07, 6.45) is 14.3. The summed E-state index contributed by atoms with van der Waals surface area (Å²) >= 11 is 0. The summed E-state index contributed by atoms with van der Waals surface area (Å²) in [4.78, 5) is 12.1. The quantitative estimate of drug-likeness (QED) is 0.0756. The van der Waals surface area contributed by atoms with Gasteiger partial charge in [0.05, 0.1) is 110 Å². The van der Waals surface area contributed by atoms with Crippen LogP contribution in [0.1, 0.15) is 63.5 Å². The van der Waals surface area contributed by atoms with Crippen LogP contribution in [0.2, 0.25) is 0 Å². The van der Waals surface area contributed by atoms with Crippen molar-refractivity contribution in [2.75, 3.05) is 105 Å². The third kappa shape index (κ3) is 14.1. The van der Waals surface area contributed by atoms with Crippen molar-refractivity contribution in [1.82, 2.24) is 44.9 Å². The number of methoxy groups -OCH3 is 1. The van der Waals surface area contributed by atoms with E-state index in [1.54, 1.807) is 30.3 Å². The zero-order valence-electron chi connectivity index (χ0n) is 37.1. The van der Waals surface area contributed by atoms with Gasteiger partial charge in [-0.25, -0.2) is 14.6 Å². The SMILES string of the molecule is COCCOCCOCCOCCOCCOCCCOc1nn(C2CCC(N3[C@@H]4CC[C@H]3COC4)CC2)cc1Nc1ncc(-c2ccc(C#N)c(O[C@@H](C)Cn3cnnn3)c2)cn1. The van der Waals surface area contributed by atoms with Crippen LogP contribution in [0.4, 0.5) is 11.6 Å². The summed E-state index contributed by atoms with van der Waals surface area (Å²) in [7, 11) is 1.65. The van der Waals surface area contributed by atoms with E-state index in [9.17, 15) is 5.26 Å². The summed E-state index contributed by atoms with van der Waals surface area (Å²) < 4.78 is 54.7.